The SMILES string of the molecule is CCC(C)C(C)C1CSC(C2=CCC(Cl)C(Cl)C2)C1C1CCC1. The van der Waals surface area contributed by atoms with Crippen molar-refractivity contribution in [1.29, 1.82) is 0 Å². The zero-order chi connectivity index (χ0) is 16.6. The van der Waals surface area contributed by atoms with Gasteiger partial charge in [-0.3, -0.25) is 0 Å². The maximum atomic E-state index is 6.51. The molecule has 3 rings (SSSR count). The normalized spacial score (nSPS) is 41.3. The van der Waals surface area contributed by atoms with Crippen molar-refractivity contribution in [2.75, 3.05) is 5.75 Å². The van der Waals surface area contributed by atoms with Gasteiger partial charge < -0.3 is 0 Å². The van der Waals surface area contributed by atoms with E-state index in [1.54, 1.807) is 5.57 Å². The maximum absolute atomic E-state index is 6.51. The van der Waals surface area contributed by atoms with Gasteiger partial charge in [0.1, 0.15) is 0 Å². The summed E-state index contributed by atoms with van der Waals surface area (Å²) in [5.41, 5.74) is 1.63. The average Bonchev–Trinajstić information content (AvgIpc) is 2.91. The highest BCUT2D eigenvalue weighted by Gasteiger charge is 2.47. The summed E-state index contributed by atoms with van der Waals surface area (Å²) in [5.74, 6) is 5.80. The van der Waals surface area contributed by atoms with Crippen LogP contribution in [-0.2, 0) is 0 Å². The third-order valence-electron chi connectivity index (χ3n) is 7.02. The Labute approximate surface area is 157 Å². The summed E-state index contributed by atoms with van der Waals surface area (Å²) in [7, 11) is 0. The van der Waals surface area contributed by atoms with E-state index in [0.29, 0.717) is 0 Å². The van der Waals surface area contributed by atoms with E-state index < -0.39 is 0 Å². The van der Waals surface area contributed by atoms with Gasteiger partial charge in [-0.2, -0.15) is 11.8 Å². The Morgan fingerprint density at radius 3 is 2.52 bits per heavy atom. The van der Waals surface area contributed by atoms with Gasteiger partial charge in [0, 0.05) is 5.25 Å². The average molecular weight is 375 g/mol. The predicted molar refractivity (Wildman–Crippen MR) is 106 cm³/mol. The zero-order valence-corrected chi connectivity index (χ0v) is 17.1. The summed E-state index contributed by atoms with van der Waals surface area (Å²) in [4.78, 5) is 0. The largest absolute Gasteiger partial charge is 0.154 e. The fraction of sp³-hybridized carbons (Fsp3) is 0.900. The van der Waals surface area contributed by atoms with Crippen LogP contribution in [0.2, 0.25) is 0 Å². The molecule has 0 amide bonds. The molecule has 0 bridgehead atoms. The van der Waals surface area contributed by atoms with Gasteiger partial charge in [-0.15, -0.1) is 23.2 Å². The van der Waals surface area contributed by atoms with Gasteiger partial charge in [0.25, 0.3) is 0 Å². The van der Waals surface area contributed by atoms with Gasteiger partial charge >= 0.3 is 0 Å². The van der Waals surface area contributed by atoms with E-state index in [1.165, 1.54) is 31.4 Å². The molecular formula is C20H32Cl2S. The van der Waals surface area contributed by atoms with Crippen LogP contribution in [0.15, 0.2) is 11.6 Å². The summed E-state index contributed by atoms with van der Waals surface area (Å²) < 4.78 is 0. The molecule has 0 spiro atoms. The molecule has 0 radical (unpaired) electrons. The summed E-state index contributed by atoms with van der Waals surface area (Å²) >= 11 is 15.1. The maximum Gasteiger partial charge on any atom is 0.0540 e. The lowest BCUT2D eigenvalue weighted by molar-refractivity contribution is 0.113. The fourth-order valence-corrected chi connectivity index (χ4v) is 7.28. The smallest absolute Gasteiger partial charge is 0.0540 e. The molecule has 1 aliphatic heterocycles. The van der Waals surface area contributed by atoms with Crippen LogP contribution in [-0.4, -0.2) is 21.8 Å². The van der Waals surface area contributed by atoms with Crippen LogP contribution in [0.5, 0.6) is 0 Å². The van der Waals surface area contributed by atoms with E-state index >= 15 is 0 Å². The Morgan fingerprint density at radius 1 is 1.22 bits per heavy atom. The van der Waals surface area contributed by atoms with Crippen molar-refractivity contribution in [2.24, 2.45) is 29.6 Å². The molecule has 0 N–H and O–H groups in total. The molecule has 3 aliphatic rings. The van der Waals surface area contributed by atoms with E-state index in [1.807, 2.05) is 0 Å². The Balaban J connectivity index is 1.78. The quantitative estimate of drug-likeness (QED) is 0.378. The number of hydrogen-bond donors (Lipinski definition) is 0. The number of hydrogen-bond acceptors (Lipinski definition) is 1. The van der Waals surface area contributed by atoms with E-state index in [-0.39, 0.29) is 10.8 Å². The van der Waals surface area contributed by atoms with Crippen LogP contribution < -0.4 is 0 Å². The molecular weight excluding hydrogens is 343 g/mol. The monoisotopic (exact) mass is 374 g/mol. The first-order valence-electron chi connectivity index (χ1n) is 9.61. The molecule has 0 aromatic heterocycles. The van der Waals surface area contributed by atoms with E-state index in [9.17, 15) is 0 Å². The first-order valence-corrected chi connectivity index (χ1v) is 11.5. The van der Waals surface area contributed by atoms with Gasteiger partial charge in [0.15, 0.2) is 0 Å². The molecule has 1 saturated carbocycles. The predicted octanol–water partition coefficient (Wildman–Crippen LogP) is 6.75. The molecule has 7 atom stereocenters. The lowest BCUT2D eigenvalue weighted by Crippen LogP contribution is -2.38. The molecule has 0 nitrogen and oxygen atoms in total. The van der Waals surface area contributed by atoms with Crippen molar-refractivity contribution in [1.82, 2.24) is 0 Å². The second-order valence-electron chi connectivity index (χ2n) is 8.18. The minimum atomic E-state index is 0.129. The number of alkyl halides is 2. The Kier molecular flexibility index (Phi) is 6.35. The number of rotatable bonds is 5. The summed E-state index contributed by atoms with van der Waals surface area (Å²) in [6.07, 6.45) is 10.1. The molecule has 1 heterocycles. The summed E-state index contributed by atoms with van der Waals surface area (Å²) in [6, 6.07) is 0. The highest BCUT2D eigenvalue weighted by molar-refractivity contribution is 8.00. The molecule has 2 fully saturated rings. The topological polar surface area (TPSA) is 0 Å². The first kappa shape index (κ1) is 18.5. The molecule has 7 unspecified atom stereocenters. The van der Waals surface area contributed by atoms with Crippen LogP contribution in [0.3, 0.4) is 0 Å². The number of halogens is 2. The van der Waals surface area contributed by atoms with Crippen LogP contribution >= 0.6 is 35.0 Å². The highest BCUT2D eigenvalue weighted by Crippen LogP contribution is 2.54. The molecule has 23 heavy (non-hydrogen) atoms. The first-order chi connectivity index (χ1) is 11.0. The van der Waals surface area contributed by atoms with Crippen molar-refractivity contribution in [3.05, 3.63) is 11.6 Å². The van der Waals surface area contributed by atoms with Gasteiger partial charge in [-0.05, 0) is 48.2 Å². The van der Waals surface area contributed by atoms with Crippen LogP contribution in [0.1, 0.15) is 59.3 Å². The van der Waals surface area contributed by atoms with Crippen molar-refractivity contribution in [2.45, 2.75) is 75.3 Å². The Morgan fingerprint density at radius 2 is 1.96 bits per heavy atom. The minimum Gasteiger partial charge on any atom is -0.154 e. The van der Waals surface area contributed by atoms with Crippen molar-refractivity contribution >= 4 is 35.0 Å². The lowest BCUT2D eigenvalue weighted by atomic mass is 9.64. The summed E-state index contributed by atoms with van der Waals surface area (Å²) in [5, 5.41) is 0.983. The second kappa shape index (κ2) is 7.92. The van der Waals surface area contributed by atoms with Crippen LogP contribution in [0.25, 0.3) is 0 Å². The standard InChI is InChI=1S/C20H32Cl2S/c1-4-12(2)13(3)16-11-23-20(19(16)14-6-5-7-14)15-8-9-17(21)18(22)10-15/h8,12-14,16-20H,4-7,9-11H2,1-3H3. The molecule has 0 aromatic carbocycles. The van der Waals surface area contributed by atoms with Gasteiger partial charge in [-0.25, -0.2) is 0 Å². The van der Waals surface area contributed by atoms with Crippen molar-refractivity contribution < 1.29 is 0 Å². The van der Waals surface area contributed by atoms with E-state index in [0.717, 1.165) is 47.7 Å². The number of allylic oxidation sites excluding steroid dienone is 1. The Bertz CT molecular complexity index is 431. The van der Waals surface area contributed by atoms with E-state index in [4.69, 9.17) is 23.2 Å². The van der Waals surface area contributed by atoms with Crippen molar-refractivity contribution in [3.8, 4) is 0 Å². The number of thioether (sulfide) groups is 1. The third kappa shape index (κ3) is 3.77. The lowest BCUT2D eigenvalue weighted by Gasteiger charge is -2.42. The van der Waals surface area contributed by atoms with Crippen LogP contribution in [0.4, 0.5) is 0 Å². The van der Waals surface area contributed by atoms with E-state index in [2.05, 4.69) is 38.6 Å². The third-order valence-corrected chi connectivity index (χ3v) is 9.64. The molecule has 2 aliphatic carbocycles. The highest BCUT2D eigenvalue weighted by atomic mass is 35.5. The van der Waals surface area contributed by atoms with Crippen molar-refractivity contribution in [3.63, 3.8) is 0 Å². The van der Waals surface area contributed by atoms with Gasteiger partial charge in [0.05, 0.1) is 10.8 Å². The van der Waals surface area contributed by atoms with Gasteiger partial charge in [0.2, 0.25) is 0 Å². The van der Waals surface area contributed by atoms with Gasteiger partial charge in [-0.1, -0.05) is 58.1 Å². The fourth-order valence-electron chi connectivity index (χ4n) is 4.81. The molecule has 132 valence electrons. The molecule has 3 heteroatoms. The zero-order valence-electron chi connectivity index (χ0n) is 14.8. The molecule has 0 aromatic rings. The molecule has 1 saturated heterocycles. The van der Waals surface area contributed by atoms with Crippen LogP contribution in [0, 0.1) is 29.6 Å². The second-order valence-corrected chi connectivity index (χ2v) is 10.5. The Hall–Kier alpha value is 0.670. The minimum absolute atomic E-state index is 0.129. The summed E-state index contributed by atoms with van der Waals surface area (Å²) in [6.45, 7) is 7.32.